The molecule has 0 atom stereocenters. The number of hydrogen-bond donors (Lipinski definition) is 1. The molecule has 1 spiro atoms. The first-order valence-electron chi connectivity index (χ1n) is 10.1. The third-order valence-electron chi connectivity index (χ3n) is 6.97. The highest BCUT2D eigenvalue weighted by molar-refractivity contribution is 5.40. The lowest BCUT2D eigenvalue weighted by molar-refractivity contribution is -0.231. The third kappa shape index (κ3) is 2.79. The summed E-state index contributed by atoms with van der Waals surface area (Å²) in [6.45, 7) is 2.76. The second kappa shape index (κ2) is 5.97. The van der Waals surface area contributed by atoms with Gasteiger partial charge in [-0.15, -0.1) is 0 Å². The van der Waals surface area contributed by atoms with E-state index in [9.17, 15) is 5.11 Å². The Balaban J connectivity index is 1.30. The van der Waals surface area contributed by atoms with Gasteiger partial charge in [0.1, 0.15) is 5.75 Å². The largest absolute Gasteiger partial charge is 0.462 e. The SMILES string of the molecule is OC1(c2ccc3c(c2)COC2(CCN(C4CCC4)CC2)O3)CCCC1. The minimum atomic E-state index is -0.641. The van der Waals surface area contributed by atoms with Gasteiger partial charge in [0.25, 0.3) is 0 Å². The van der Waals surface area contributed by atoms with E-state index in [1.807, 2.05) is 0 Å². The van der Waals surface area contributed by atoms with Crippen LogP contribution in [0.2, 0.25) is 0 Å². The molecule has 136 valence electrons. The van der Waals surface area contributed by atoms with Gasteiger partial charge in [0.2, 0.25) is 5.79 Å². The van der Waals surface area contributed by atoms with Crippen LogP contribution in [-0.2, 0) is 16.9 Å². The maximum atomic E-state index is 10.8. The average Bonchev–Trinajstić information content (AvgIpc) is 3.03. The molecule has 2 saturated carbocycles. The number of fused-ring (bicyclic) bond motifs is 1. The number of likely N-dealkylation sites (tertiary alicyclic amines) is 1. The summed E-state index contributed by atoms with van der Waals surface area (Å²) in [6.07, 6.45) is 9.99. The van der Waals surface area contributed by atoms with Gasteiger partial charge in [0.15, 0.2) is 0 Å². The van der Waals surface area contributed by atoms with Gasteiger partial charge >= 0.3 is 0 Å². The molecule has 4 aliphatic rings. The third-order valence-corrected chi connectivity index (χ3v) is 6.97. The Labute approximate surface area is 150 Å². The smallest absolute Gasteiger partial charge is 0.213 e. The van der Waals surface area contributed by atoms with Crippen molar-refractivity contribution in [3.8, 4) is 5.75 Å². The minimum absolute atomic E-state index is 0.432. The van der Waals surface area contributed by atoms with Crippen LogP contribution in [0.5, 0.6) is 5.75 Å². The van der Waals surface area contributed by atoms with Crippen LogP contribution >= 0.6 is 0 Å². The summed E-state index contributed by atoms with van der Waals surface area (Å²) in [6, 6.07) is 7.04. The fraction of sp³-hybridized carbons (Fsp3) is 0.714. The summed E-state index contributed by atoms with van der Waals surface area (Å²) in [5, 5.41) is 10.8. The highest BCUT2D eigenvalue weighted by Crippen LogP contribution is 2.43. The fourth-order valence-corrected chi connectivity index (χ4v) is 5.00. The molecule has 1 N–H and O–H groups in total. The van der Waals surface area contributed by atoms with Crippen molar-refractivity contribution in [2.75, 3.05) is 13.1 Å². The number of benzene rings is 1. The Kier molecular flexibility index (Phi) is 3.84. The highest BCUT2D eigenvalue weighted by atomic mass is 16.7. The van der Waals surface area contributed by atoms with Gasteiger partial charge in [0, 0.05) is 37.5 Å². The number of ether oxygens (including phenoxy) is 2. The minimum Gasteiger partial charge on any atom is -0.462 e. The maximum Gasteiger partial charge on any atom is 0.213 e. The molecule has 1 aromatic carbocycles. The molecule has 0 aromatic heterocycles. The molecule has 3 fully saturated rings. The van der Waals surface area contributed by atoms with E-state index >= 15 is 0 Å². The van der Waals surface area contributed by atoms with Gasteiger partial charge in [0.05, 0.1) is 12.2 Å². The molecule has 25 heavy (non-hydrogen) atoms. The molecule has 0 amide bonds. The number of nitrogens with zero attached hydrogens (tertiary/aromatic N) is 1. The van der Waals surface area contributed by atoms with E-state index in [4.69, 9.17) is 9.47 Å². The Morgan fingerprint density at radius 3 is 2.44 bits per heavy atom. The number of piperidine rings is 1. The zero-order valence-corrected chi connectivity index (χ0v) is 15.0. The van der Waals surface area contributed by atoms with Crippen LogP contribution < -0.4 is 4.74 Å². The van der Waals surface area contributed by atoms with Gasteiger partial charge in [-0.3, -0.25) is 4.90 Å². The molecular weight excluding hydrogens is 314 g/mol. The molecule has 1 saturated heterocycles. The summed E-state index contributed by atoms with van der Waals surface area (Å²) in [7, 11) is 0. The van der Waals surface area contributed by atoms with Crippen molar-refractivity contribution in [1.29, 1.82) is 0 Å². The topological polar surface area (TPSA) is 41.9 Å². The number of hydrogen-bond acceptors (Lipinski definition) is 4. The summed E-state index contributed by atoms with van der Waals surface area (Å²) in [5.41, 5.74) is 1.48. The summed E-state index contributed by atoms with van der Waals surface area (Å²) in [4.78, 5) is 2.62. The van der Waals surface area contributed by atoms with Crippen molar-refractivity contribution in [2.45, 2.75) is 81.8 Å². The van der Waals surface area contributed by atoms with Gasteiger partial charge in [-0.2, -0.15) is 0 Å². The quantitative estimate of drug-likeness (QED) is 0.889. The Bertz CT molecular complexity index is 641. The van der Waals surface area contributed by atoms with Crippen molar-refractivity contribution < 1.29 is 14.6 Å². The summed E-state index contributed by atoms with van der Waals surface area (Å²) >= 11 is 0. The first-order valence-corrected chi connectivity index (χ1v) is 10.1. The van der Waals surface area contributed by atoms with E-state index in [1.165, 1.54) is 19.3 Å². The highest BCUT2D eigenvalue weighted by Gasteiger charge is 2.43. The van der Waals surface area contributed by atoms with Gasteiger partial charge in [-0.1, -0.05) is 25.3 Å². The van der Waals surface area contributed by atoms with E-state index < -0.39 is 11.4 Å². The van der Waals surface area contributed by atoms with Crippen LogP contribution in [-0.4, -0.2) is 34.9 Å². The van der Waals surface area contributed by atoms with Crippen LogP contribution in [0, 0.1) is 0 Å². The molecule has 2 aliphatic heterocycles. The van der Waals surface area contributed by atoms with E-state index in [0.29, 0.717) is 6.61 Å². The van der Waals surface area contributed by atoms with Crippen molar-refractivity contribution in [1.82, 2.24) is 4.90 Å². The molecule has 5 rings (SSSR count). The Hall–Kier alpha value is -1.10. The van der Waals surface area contributed by atoms with Crippen LogP contribution in [0.25, 0.3) is 0 Å². The predicted molar refractivity (Wildman–Crippen MR) is 95.4 cm³/mol. The van der Waals surface area contributed by atoms with Crippen LogP contribution in [0.4, 0.5) is 0 Å². The van der Waals surface area contributed by atoms with Crippen LogP contribution in [0.3, 0.4) is 0 Å². The van der Waals surface area contributed by atoms with Gasteiger partial charge in [-0.25, -0.2) is 0 Å². The molecule has 2 heterocycles. The van der Waals surface area contributed by atoms with Crippen LogP contribution in [0.1, 0.15) is 68.9 Å². The molecule has 0 radical (unpaired) electrons. The second-order valence-electron chi connectivity index (χ2n) is 8.48. The Morgan fingerprint density at radius 2 is 1.76 bits per heavy atom. The van der Waals surface area contributed by atoms with Crippen LogP contribution in [0.15, 0.2) is 18.2 Å². The zero-order valence-electron chi connectivity index (χ0n) is 15.0. The van der Waals surface area contributed by atoms with E-state index in [-0.39, 0.29) is 0 Å². The van der Waals surface area contributed by atoms with Crippen molar-refractivity contribution in [3.63, 3.8) is 0 Å². The summed E-state index contributed by atoms with van der Waals surface area (Å²) in [5.74, 6) is 0.521. The predicted octanol–water partition coefficient (Wildman–Crippen LogP) is 3.70. The molecule has 4 heteroatoms. The van der Waals surface area contributed by atoms with Gasteiger partial charge < -0.3 is 14.6 Å². The molecular formula is C21H29NO3. The summed E-state index contributed by atoms with van der Waals surface area (Å²) < 4.78 is 12.6. The Morgan fingerprint density at radius 1 is 1.00 bits per heavy atom. The van der Waals surface area contributed by atoms with Crippen molar-refractivity contribution in [2.24, 2.45) is 0 Å². The fourth-order valence-electron chi connectivity index (χ4n) is 5.00. The van der Waals surface area contributed by atoms with Crippen molar-refractivity contribution >= 4 is 0 Å². The number of aliphatic hydroxyl groups is 1. The van der Waals surface area contributed by atoms with Crippen molar-refractivity contribution in [3.05, 3.63) is 29.3 Å². The second-order valence-corrected chi connectivity index (χ2v) is 8.48. The standard InChI is InChI=1S/C21H29NO3/c23-20(8-1-2-9-20)17-6-7-19-16(14-17)15-24-21(25-19)10-12-22(13-11-21)18-4-3-5-18/h6-7,14,18,23H,1-5,8-13,15H2. The monoisotopic (exact) mass is 343 g/mol. The lowest BCUT2D eigenvalue weighted by Gasteiger charge is -2.47. The molecule has 2 aliphatic carbocycles. The zero-order chi connectivity index (χ0) is 16.9. The van der Waals surface area contributed by atoms with E-state index in [0.717, 1.165) is 74.5 Å². The van der Waals surface area contributed by atoms with E-state index in [2.05, 4.69) is 23.1 Å². The first-order chi connectivity index (χ1) is 12.2. The van der Waals surface area contributed by atoms with E-state index in [1.54, 1.807) is 0 Å². The lowest BCUT2D eigenvalue weighted by Crippen LogP contribution is -2.54. The molecule has 0 unspecified atom stereocenters. The first kappa shape index (κ1) is 16.1. The normalized spacial score (nSPS) is 28.4. The maximum absolute atomic E-state index is 10.8. The lowest BCUT2D eigenvalue weighted by atomic mass is 9.88. The average molecular weight is 343 g/mol. The number of rotatable bonds is 2. The molecule has 0 bridgehead atoms. The molecule has 1 aromatic rings. The van der Waals surface area contributed by atoms with Gasteiger partial charge in [-0.05, 0) is 43.4 Å². The molecule has 4 nitrogen and oxygen atoms in total.